The molecule has 0 aliphatic carbocycles. The average Bonchev–Trinajstić information content (AvgIpc) is 3.13. The number of rotatable bonds is 5. The summed E-state index contributed by atoms with van der Waals surface area (Å²) in [5.74, 6) is -0.318. The van der Waals surface area contributed by atoms with Gasteiger partial charge in [-0.1, -0.05) is 48.0 Å². The van der Waals surface area contributed by atoms with Gasteiger partial charge in [-0.25, -0.2) is 9.36 Å². The maximum Gasteiger partial charge on any atom is 0.278 e. The Balaban J connectivity index is 1.68. The Morgan fingerprint density at radius 3 is 2.45 bits per heavy atom. The predicted molar refractivity (Wildman–Crippen MR) is 121 cm³/mol. The number of nitrogens with zero attached hydrogens (tertiary/aromatic N) is 4. The van der Waals surface area contributed by atoms with Crippen LogP contribution in [0.4, 0.5) is 0 Å². The monoisotopic (exact) mass is 435 g/mol. The Labute approximate surface area is 184 Å². The normalized spacial score (nSPS) is 12.1. The predicted octanol–water partition coefficient (Wildman–Crippen LogP) is 3.73. The summed E-state index contributed by atoms with van der Waals surface area (Å²) in [6.07, 6.45) is 0. The van der Waals surface area contributed by atoms with Gasteiger partial charge in [0.1, 0.15) is 11.6 Å². The van der Waals surface area contributed by atoms with Gasteiger partial charge in [0.05, 0.1) is 22.5 Å². The molecule has 31 heavy (non-hydrogen) atoms. The van der Waals surface area contributed by atoms with E-state index < -0.39 is 6.04 Å². The number of carbonyl (C=O) groups is 1. The summed E-state index contributed by atoms with van der Waals surface area (Å²) in [5.41, 5.74) is 3.13. The number of carbonyl (C=O) groups excluding carboxylic acids is 1. The summed E-state index contributed by atoms with van der Waals surface area (Å²) in [7, 11) is 0. The molecule has 0 radical (unpaired) electrons. The lowest BCUT2D eigenvalue weighted by Crippen LogP contribution is -2.37. The smallest absolute Gasteiger partial charge is 0.278 e. The minimum absolute atomic E-state index is 0.268. The first-order chi connectivity index (χ1) is 14.9. The number of benzene rings is 2. The third kappa shape index (κ3) is 3.84. The fourth-order valence-corrected chi connectivity index (χ4v) is 3.75. The van der Waals surface area contributed by atoms with Gasteiger partial charge in [-0.3, -0.25) is 9.59 Å². The SMILES string of the molecule is Cc1nn([C@@H](C)C(=O)NCc2ccccc2Cl)c(=O)c2c(C)n(-c3ccccc3)nc12. The number of amides is 1. The Bertz CT molecular complexity index is 1330. The summed E-state index contributed by atoms with van der Waals surface area (Å²) >= 11 is 6.16. The van der Waals surface area contributed by atoms with Crippen LogP contribution >= 0.6 is 11.6 Å². The molecule has 1 N–H and O–H groups in total. The van der Waals surface area contributed by atoms with E-state index in [1.54, 1.807) is 24.6 Å². The van der Waals surface area contributed by atoms with Crippen LogP contribution in [0.5, 0.6) is 0 Å². The number of nitrogens with one attached hydrogen (secondary N) is 1. The molecule has 0 bridgehead atoms. The van der Waals surface area contributed by atoms with Crippen LogP contribution < -0.4 is 10.9 Å². The highest BCUT2D eigenvalue weighted by atomic mass is 35.5. The van der Waals surface area contributed by atoms with Gasteiger partial charge in [0.15, 0.2) is 0 Å². The molecule has 1 amide bonds. The molecule has 2 heterocycles. The molecule has 7 nitrogen and oxygen atoms in total. The fourth-order valence-electron chi connectivity index (χ4n) is 3.55. The van der Waals surface area contributed by atoms with Crippen molar-refractivity contribution >= 4 is 28.4 Å². The van der Waals surface area contributed by atoms with Crippen LogP contribution in [-0.2, 0) is 11.3 Å². The molecule has 0 aliphatic rings. The van der Waals surface area contributed by atoms with E-state index in [9.17, 15) is 9.59 Å². The molecule has 4 rings (SSSR count). The molecule has 0 aliphatic heterocycles. The third-order valence-corrected chi connectivity index (χ3v) is 5.67. The van der Waals surface area contributed by atoms with Crippen LogP contribution in [0.3, 0.4) is 0 Å². The molecule has 2 aromatic carbocycles. The maximum absolute atomic E-state index is 13.3. The highest BCUT2D eigenvalue weighted by Crippen LogP contribution is 2.21. The van der Waals surface area contributed by atoms with Gasteiger partial charge in [-0.05, 0) is 44.5 Å². The molecule has 4 aromatic rings. The fraction of sp³-hybridized carbons (Fsp3) is 0.217. The van der Waals surface area contributed by atoms with E-state index in [1.165, 1.54) is 4.68 Å². The maximum atomic E-state index is 13.3. The Morgan fingerprint density at radius 2 is 1.74 bits per heavy atom. The topological polar surface area (TPSA) is 81.8 Å². The third-order valence-electron chi connectivity index (χ3n) is 5.30. The van der Waals surface area contributed by atoms with E-state index in [0.717, 1.165) is 11.3 Å². The summed E-state index contributed by atoms with van der Waals surface area (Å²) < 4.78 is 2.96. The van der Waals surface area contributed by atoms with Gasteiger partial charge < -0.3 is 5.32 Å². The molecule has 0 fully saturated rings. The largest absolute Gasteiger partial charge is 0.350 e. The van der Waals surface area contributed by atoms with Gasteiger partial charge in [0.2, 0.25) is 5.91 Å². The zero-order chi connectivity index (χ0) is 22.1. The number of halogens is 1. The van der Waals surface area contributed by atoms with Crippen LogP contribution in [0.25, 0.3) is 16.6 Å². The Hall–Kier alpha value is -3.45. The minimum atomic E-state index is -0.794. The van der Waals surface area contributed by atoms with Gasteiger partial charge in [0, 0.05) is 11.6 Å². The van der Waals surface area contributed by atoms with Crippen molar-refractivity contribution in [2.45, 2.75) is 33.4 Å². The molecular formula is C23H22ClN5O2. The first-order valence-corrected chi connectivity index (χ1v) is 10.3. The summed E-state index contributed by atoms with van der Waals surface area (Å²) in [4.78, 5) is 26.0. The highest BCUT2D eigenvalue weighted by molar-refractivity contribution is 6.31. The van der Waals surface area contributed by atoms with Gasteiger partial charge >= 0.3 is 0 Å². The zero-order valence-corrected chi connectivity index (χ0v) is 18.2. The summed E-state index contributed by atoms with van der Waals surface area (Å²) in [6, 6.07) is 16.1. The van der Waals surface area contributed by atoms with Gasteiger partial charge in [0.25, 0.3) is 5.56 Å². The number of hydrogen-bond donors (Lipinski definition) is 1. The number of aryl methyl sites for hydroxylation is 2. The van der Waals surface area contributed by atoms with Crippen LogP contribution in [0.1, 0.15) is 29.9 Å². The van der Waals surface area contributed by atoms with Crippen LogP contribution in [0.2, 0.25) is 5.02 Å². The lowest BCUT2D eigenvalue weighted by Gasteiger charge is -2.15. The number of fused-ring (bicyclic) bond motifs is 1. The molecule has 0 saturated carbocycles. The zero-order valence-electron chi connectivity index (χ0n) is 17.5. The van der Waals surface area contributed by atoms with Crippen molar-refractivity contribution in [1.29, 1.82) is 0 Å². The van der Waals surface area contributed by atoms with Crippen molar-refractivity contribution in [1.82, 2.24) is 24.9 Å². The molecule has 0 spiro atoms. The van der Waals surface area contributed by atoms with E-state index in [-0.39, 0.29) is 18.0 Å². The summed E-state index contributed by atoms with van der Waals surface area (Å²) in [5, 5.41) is 12.9. The van der Waals surface area contributed by atoms with Crippen molar-refractivity contribution in [3.05, 3.63) is 86.9 Å². The second kappa shape index (κ2) is 8.35. The van der Waals surface area contributed by atoms with E-state index >= 15 is 0 Å². The molecule has 8 heteroatoms. The Kier molecular flexibility index (Phi) is 5.61. The number of aromatic nitrogens is 4. The molecular weight excluding hydrogens is 414 g/mol. The van der Waals surface area contributed by atoms with Crippen LogP contribution in [0, 0.1) is 13.8 Å². The first-order valence-electron chi connectivity index (χ1n) is 9.93. The van der Waals surface area contributed by atoms with Crippen molar-refractivity contribution in [2.75, 3.05) is 0 Å². The number of hydrogen-bond acceptors (Lipinski definition) is 4. The van der Waals surface area contributed by atoms with Crippen molar-refractivity contribution in [3.8, 4) is 5.69 Å². The van der Waals surface area contributed by atoms with Gasteiger partial charge in [-0.2, -0.15) is 10.2 Å². The lowest BCUT2D eigenvalue weighted by molar-refractivity contribution is -0.124. The van der Waals surface area contributed by atoms with Crippen LogP contribution in [0.15, 0.2) is 59.4 Å². The van der Waals surface area contributed by atoms with Crippen molar-refractivity contribution < 1.29 is 4.79 Å². The summed E-state index contributed by atoms with van der Waals surface area (Å²) in [6.45, 7) is 5.55. The van der Waals surface area contributed by atoms with Gasteiger partial charge in [-0.15, -0.1) is 0 Å². The lowest BCUT2D eigenvalue weighted by atomic mass is 10.2. The van der Waals surface area contributed by atoms with Crippen molar-refractivity contribution in [3.63, 3.8) is 0 Å². The molecule has 1 atom stereocenters. The van der Waals surface area contributed by atoms with E-state index in [1.807, 2.05) is 55.5 Å². The van der Waals surface area contributed by atoms with Crippen molar-refractivity contribution in [2.24, 2.45) is 0 Å². The van der Waals surface area contributed by atoms with E-state index in [4.69, 9.17) is 11.6 Å². The Morgan fingerprint density at radius 1 is 1.06 bits per heavy atom. The average molecular weight is 436 g/mol. The first kappa shape index (κ1) is 20.8. The number of para-hydroxylation sites is 1. The molecule has 0 saturated heterocycles. The highest BCUT2D eigenvalue weighted by Gasteiger charge is 2.23. The minimum Gasteiger partial charge on any atom is -0.350 e. The standard InChI is InChI=1S/C23H22ClN5O2/c1-14-21-20(15(2)28(27-21)18-10-5-4-6-11-18)23(31)29(26-14)16(3)22(30)25-13-17-9-7-8-12-19(17)24/h4-12,16H,13H2,1-3H3,(H,25,30)/t16-/m0/s1. The van der Waals surface area contributed by atoms with E-state index in [0.29, 0.717) is 27.3 Å². The second-order valence-corrected chi connectivity index (χ2v) is 7.78. The van der Waals surface area contributed by atoms with E-state index in [2.05, 4.69) is 15.5 Å². The molecule has 2 aromatic heterocycles. The molecule has 158 valence electrons. The quantitative estimate of drug-likeness (QED) is 0.518. The molecule has 0 unspecified atom stereocenters. The second-order valence-electron chi connectivity index (χ2n) is 7.38. The van der Waals surface area contributed by atoms with Crippen LogP contribution in [-0.4, -0.2) is 25.5 Å².